The van der Waals surface area contributed by atoms with Gasteiger partial charge >= 0.3 is 0 Å². The Morgan fingerprint density at radius 1 is 0.370 bits per heavy atom. The first-order valence-corrected chi connectivity index (χ1v) is 20.9. The summed E-state index contributed by atoms with van der Waals surface area (Å²) in [5, 5.41) is 26.7. The zero-order valence-electron chi connectivity index (χ0n) is 27.4. The fraction of sp³-hybridized carbons (Fsp3) is 0. The van der Waals surface area contributed by atoms with E-state index in [-0.39, 0.29) is 44.5 Å². The number of phenolic OH excluding ortho intramolecular Hbond substituents is 2. The normalized spacial score (nSPS) is 12.2. The number of aromatic hydroxyl groups is 2. The Morgan fingerprint density at radius 2 is 0.611 bits per heavy atom. The minimum atomic E-state index is -0.568. The van der Waals surface area contributed by atoms with Crippen molar-refractivity contribution in [1.29, 1.82) is 0 Å². The Hall–Kier alpha value is -3.70. The number of hydrogen-bond acceptors (Lipinski definition) is 8. The minimum Gasteiger partial charge on any atom is -0.506 e. The van der Waals surface area contributed by atoms with Gasteiger partial charge in [-0.1, -0.05) is 93.5 Å². The van der Waals surface area contributed by atoms with Gasteiger partial charge in [0, 0.05) is 81.2 Å². The van der Waals surface area contributed by atoms with Gasteiger partial charge in [0.25, 0.3) is 0 Å². The van der Waals surface area contributed by atoms with Crippen LogP contribution in [0.25, 0.3) is 10.8 Å². The molecule has 2 N–H and O–H groups in total. The maximum absolute atomic E-state index is 14.5. The monoisotopic (exact) mass is 858 g/mol. The molecule has 8 rings (SSSR count). The molecule has 0 spiro atoms. The molecular weight excluding hydrogens is 839 g/mol. The average Bonchev–Trinajstić information content (AvgIpc) is 3.16. The Bertz CT molecular complexity index is 2450. The fourth-order valence-electron chi connectivity index (χ4n) is 5.94. The minimum absolute atomic E-state index is 0.129. The molecule has 4 nitrogen and oxygen atoms in total. The highest BCUT2D eigenvalue weighted by Gasteiger charge is 2.37. The molecule has 266 valence electrons. The van der Waals surface area contributed by atoms with Crippen molar-refractivity contribution in [1.82, 2.24) is 0 Å². The maximum Gasteiger partial charge on any atom is 0.198 e. The van der Waals surface area contributed by atoms with Crippen molar-refractivity contribution in [2.75, 3.05) is 0 Å². The van der Waals surface area contributed by atoms with Crippen molar-refractivity contribution >= 4 is 116 Å². The first-order valence-electron chi connectivity index (χ1n) is 16.1. The first-order chi connectivity index (χ1) is 26.0. The van der Waals surface area contributed by atoms with Gasteiger partial charge in [0.1, 0.15) is 11.5 Å². The highest BCUT2D eigenvalue weighted by molar-refractivity contribution is 8.02. The summed E-state index contributed by atoms with van der Waals surface area (Å²) < 4.78 is 0. The van der Waals surface area contributed by atoms with Crippen LogP contribution in [0.3, 0.4) is 0 Å². The second-order valence-electron chi connectivity index (χ2n) is 12.0. The molecule has 0 saturated carbocycles. The van der Waals surface area contributed by atoms with Gasteiger partial charge in [-0.25, -0.2) is 0 Å². The SMILES string of the molecule is O=C1c2cc(Sc3ccc(Cl)cc3)c(Sc3ccc(Cl)cc3)cc2C(=O)c2c1c(O)c1cc(Sc3ccc(Cl)cc3)c(Sc3ccc(Cl)cc3)cc1c2O. The van der Waals surface area contributed by atoms with Gasteiger partial charge in [0.05, 0.1) is 11.1 Å². The van der Waals surface area contributed by atoms with Crippen molar-refractivity contribution in [3.05, 3.63) is 164 Å². The summed E-state index contributed by atoms with van der Waals surface area (Å²) in [6.45, 7) is 0. The van der Waals surface area contributed by atoms with Crippen LogP contribution in [0.4, 0.5) is 0 Å². The van der Waals surface area contributed by atoms with Crippen molar-refractivity contribution in [3.63, 3.8) is 0 Å². The van der Waals surface area contributed by atoms with E-state index in [1.54, 1.807) is 72.8 Å². The quantitative estimate of drug-likeness (QED) is 0.146. The largest absolute Gasteiger partial charge is 0.506 e. The van der Waals surface area contributed by atoms with E-state index >= 15 is 0 Å². The lowest BCUT2D eigenvalue weighted by Gasteiger charge is -2.23. The molecule has 0 amide bonds. The van der Waals surface area contributed by atoms with E-state index < -0.39 is 11.6 Å². The molecule has 0 saturated heterocycles. The topological polar surface area (TPSA) is 74.6 Å². The molecule has 12 heteroatoms. The molecule has 7 aromatic carbocycles. The van der Waals surface area contributed by atoms with E-state index in [1.807, 2.05) is 48.5 Å². The molecule has 0 radical (unpaired) electrons. The zero-order chi connectivity index (χ0) is 37.7. The summed E-state index contributed by atoms with van der Waals surface area (Å²) in [4.78, 5) is 35.4. The first kappa shape index (κ1) is 37.2. The van der Waals surface area contributed by atoms with Gasteiger partial charge in [-0.2, -0.15) is 0 Å². The molecule has 0 heterocycles. The summed E-state index contributed by atoms with van der Waals surface area (Å²) >= 11 is 30.3. The van der Waals surface area contributed by atoms with Crippen molar-refractivity contribution in [3.8, 4) is 11.5 Å². The smallest absolute Gasteiger partial charge is 0.198 e. The number of fused-ring (bicyclic) bond motifs is 3. The number of phenols is 2. The van der Waals surface area contributed by atoms with Gasteiger partial charge in [0.15, 0.2) is 11.6 Å². The summed E-state index contributed by atoms with van der Waals surface area (Å²) in [6.07, 6.45) is 0. The van der Waals surface area contributed by atoms with Crippen LogP contribution in [0.15, 0.2) is 160 Å². The molecule has 0 aromatic heterocycles. The predicted octanol–water partition coefficient (Wildman–Crippen LogP) is 14.2. The van der Waals surface area contributed by atoms with Crippen LogP contribution in [-0.2, 0) is 0 Å². The van der Waals surface area contributed by atoms with Crippen LogP contribution < -0.4 is 0 Å². The Balaban J connectivity index is 1.28. The zero-order valence-corrected chi connectivity index (χ0v) is 33.7. The molecule has 1 aliphatic carbocycles. The second kappa shape index (κ2) is 15.4. The highest BCUT2D eigenvalue weighted by Crippen LogP contribution is 2.51. The number of rotatable bonds is 8. The van der Waals surface area contributed by atoms with Gasteiger partial charge < -0.3 is 10.2 Å². The average molecular weight is 861 g/mol. The van der Waals surface area contributed by atoms with Gasteiger partial charge in [-0.05, 0) is 121 Å². The lowest BCUT2D eigenvalue weighted by Crippen LogP contribution is -2.22. The maximum atomic E-state index is 14.5. The Labute approximate surface area is 347 Å². The molecule has 54 heavy (non-hydrogen) atoms. The highest BCUT2D eigenvalue weighted by atomic mass is 35.5. The third-order valence-corrected chi connectivity index (χ3v) is 14.0. The van der Waals surface area contributed by atoms with Crippen LogP contribution in [0.2, 0.25) is 20.1 Å². The molecule has 0 unspecified atom stereocenters. The molecule has 0 atom stereocenters. The summed E-state index contributed by atoms with van der Waals surface area (Å²) in [6, 6.07) is 36.2. The third kappa shape index (κ3) is 7.47. The molecule has 0 aliphatic heterocycles. The fourth-order valence-corrected chi connectivity index (χ4v) is 10.4. The van der Waals surface area contributed by atoms with Crippen molar-refractivity contribution < 1.29 is 19.8 Å². The number of ketones is 2. The lowest BCUT2D eigenvalue weighted by molar-refractivity contribution is 0.0974. The van der Waals surface area contributed by atoms with E-state index in [9.17, 15) is 19.8 Å². The van der Waals surface area contributed by atoms with E-state index in [4.69, 9.17) is 46.4 Å². The predicted molar refractivity (Wildman–Crippen MR) is 223 cm³/mol. The van der Waals surface area contributed by atoms with Crippen LogP contribution in [0, 0.1) is 0 Å². The van der Waals surface area contributed by atoms with Crippen LogP contribution in [0.5, 0.6) is 11.5 Å². The summed E-state index contributed by atoms with van der Waals surface area (Å²) in [5.74, 6) is -1.90. The van der Waals surface area contributed by atoms with E-state index in [0.717, 1.165) is 39.2 Å². The van der Waals surface area contributed by atoms with Crippen molar-refractivity contribution in [2.24, 2.45) is 0 Å². The standard InChI is InChI=1S/C42H22Cl4O4S4/c43-21-1-9-25(10-2-21)51-33-17-29-30(18-34(33)52-26-11-3-22(44)4-12-26)40(48)38-37(39(29)47)41(49)31-19-35(53-27-13-5-23(45)6-14-27)36(20-32(31)42(38)50)54-28-15-7-24(46)8-16-28/h1-20,47-48H. The van der Waals surface area contributed by atoms with Gasteiger partial charge in [-0.3, -0.25) is 9.59 Å². The number of carbonyl (C=O) groups is 2. The molecule has 1 aliphatic rings. The molecular formula is C42H22Cl4O4S4. The Morgan fingerprint density at radius 3 is 0.870 bits per heavy atom. The summed E-state index contributed by atoms with van der Waals surface area (Å²) in [5.41, 5.74) is -0.217. The van der Waals surface area contributed by atoms with Gasteiger partial charge in [-0.15, -0.1) is 0 Å². The van der Waals surface area contributed by atoms with Crippen molar-refractivity contribution in [2.45, 2.75) is 39.2 Å². The molecule has 7 aromatic rings. The third-order valence-electron chi connectivity index (χ3n) is 8.51. The van der Waals surface area contributed by atoms with Crippen LogP contribution >= 0.6 is 93.5 Å². The summed E-state index contributed by atoms with van der Waals surface area (Å²) in [7, 11) is 0. The second-order valence-corrected chi connectivity index (χ2v) is 18.2. The molecule has 0 fully saturated rings. The van der Waals surface area contributed by atoms with Crippen LogP contribution in [-0.4, -0.2) is 21.8 Å². The lowest BCUT2D eigenvalue weighted by atomic mass is 9.81. The van der Waals surface area contributed by atoms with Gasteiger partial charge in [0.2, 0.25) is 0 Å². The van der Waals surface area contributed by atoms with Crippen LogP contribution in [0.1, 0.15) is 31.8 Å². The number of hydrogen-bond donors (Lipinski definition) is 2. The number of benzene rings is 7. The van der Waals surface area contributed by atoms with E-state index in [0.29, 0.717) is 20.1 Å². The Kier molecular flexibility index (Phi) is 10.6. The number of carbonyl (C=O) groups excluding carboxylic acids is 2. The van der Waals surface area contributed by atoms with E-state index in [2.05, 4.69) is 0 Å². The van der Waals surface area contributed by atoms with E-state index in [1.165, 1.54) is 47.0 Å². The number of halogens is 4. The molecule has 0 bridgehead atoms.